The minimum Gasteiger partial charge on any atom is -1.00 e. The average molecular weight is 696 g/mol. The van der Waals surface area contributed by atoms with Crippen molar-refractivity contribution in [2.75, 3.05) is 0 Å². The number of hydrogen-bond donors (Lipinski definition) is 0. The Labute approximate surface area is 263 Å². The fraction of sp³-hybridized carbons (Fsp3) is 0. The smallest absolute Gasteiger partial charge is 0.158 e. The highest BCUT2D eigenvalue weighted by atomic mass is 79.9. The Morgan fingerprint density at radius 2 is 0.585 bits per heavy atom. The van der Waals surface area contributed by atoms with Crippen molar-refractivity contribution >= 4 is 65.8 Å². The molecule has 0 saturated carbocycles. The zero-order valence-corrected chi connectivity index (χ0v) is 27.4. The monoisotopic (exact) mass is 694 g/mol. The zero-order valence-electron chi connectivity index (χ0n) is 22.5. The SMILES string of the molecule is BrC(=P(c1ccccc1)(c1ccccc1)c1ccccc1)[P+](c1ccccc1)(c1ccccc1)c1ccccc1.[Br-]. The number of benzene rings is 6. The minimum atomic E-state index is -2.38. The summed E-state index contributed by atoms with van der Waals surface area (Å²) >= 11 is 4.56. The van der Waals surface area contributed by atoms with Gasteiger partial charge in [0.15, 0.2) is 11.2 Å². The van der Waals surface area contributed by atoms with Crippen LogP contribution in [0, 0.1) is 0 Å². The van der Waals surface area contributed by atoms with Crippen molar-refractivity contribution in [2.24, 2.45) is 0 Å². The van der Waals surface area contributed by atoms with E-state index in [1.165, 1.54) is 35.8 Å². The third-order valence-electron chi connectivity index (χ3n) is 7.41. The zero-order chi connectivity index (χ0) is 27.3. The number of rotatable bonds is 7. The quantitative estimate of drug-likeness (QED) is 0.217. The molecule has 0 unspecified atom stereocenters. The minimum absolute atomic E-state index is 0. The summed E-state index contributed by atoms with van der Waals surface area (Å²) in [5, 5.41) is 8.04. The number of halogens is 2. The molecular weight excluding hydrogens is 666 g/mol. The Morgan fingerprint density at radius 1 is 0.366 bits per heavy atom. The summed E-state index contributed by atoms with van der Waals surface area (Å²) in [5.41, 5.74) is 0. The molecule has 0 aliphatic heterocycles. The van der Waals surface area contributed by atoms with Gasteiger partial charge in [0.05, 0.1) is 0 Å². The van der Waals surface area contributed by atoms with Gasteiger partial charge in [-0.05, 0) is 68.2 Å². The van der Waals surface area contributed by atoms with E-state index in [-0.39, 0.29) is 17.0 Å². The molecule has 6 aromatic carbocycles. The molecule has 0 aromatic heterocycles. The van der Waals surface area contributed by atoms with Crippen LogP contribution in [0.3, 0.4) is 0 Å². The van der Waals surface area contributed by atoms with E-state index in [1.54, 1.807) is 0 Å². The van der Waals surface area contributed by atoms with Crippen molar-refractivity contribution in [3.63, 3.8) is 0 Å². The Bertz CT molecular complexity index is 1520. The summed E-state index contributed by atoms with van der Waals surface area (Å²) in [5.74, 6) is 0. The lowest BCUT2D eigenvalue weighted by Gasteiger charge is -2.36. The van der Waals surface area contributed by atoms with Crippen molar-refractivity contribution in [2.45, 2.75) is 0 Å². The molecule has 6 aromatic rings. The predicted molar refractivity (Wildman–Crippen MR) is 184 cm³/mol. The molecule has 0 saturated heterocycles. The Hall–Kier alpha value is -2.99. The average Bonchev–Trinajstić information content (AvgIpc) is 3.05. The second-order valence-corrected chi connectivity index (χ2v) is 18.7. The highest BCUT2D eigenvalue weighted by Gasteiger charge is 2.53. The Balaban J connectivity index is 0.00000337. The van der Waals surface area contributed by atoms with E-state index in [0.29, 0.717) is 0 Å². The molecule has 6 rings (SSSR count). The van der Waals surface area contributed by atoms with Gasteiger partial charge in [-0.15, -0.1) is 0 Å². The first-order valence-corrected chi connectivity index (χ1v) is 17.8. The summed E-state index contributed by atoms with van der Waals surface area (Å²) in [4.78, 5) is 0. The van der Waals surface area contributed by atoms with Crippen molar-refractivity contribution in [1.82, 2.24) is 0 Å². The summed E-state index contributed by atoms with van der Waals surface area (Å²) in [6.07, 6.45) is 0. The maximum atomic E-state index is 4.56. The van der Waals surface area contributed by atoms with E-state index in [4.69, 9.17) is 0 Å². The topological polar surface area (TPSA) is 0 Å². The van der Waals surface area contributed by atoms with Crippen molar-refractivity contribution in [3.8, 4) is 0 Å². The van der Waals surface area contributed by atoms with Gasteiger partial charge in [-0.3, -0.25) is 0 Å². The van der Waals surface area contributed by atoms with E-state index in [2.05, 4.69) is 198 Å². The molecule has 0 atom stereocenters. The maximum absolute atomic E-state index is 4.56. The van der Waals surface area contributed by atoms with Crippen molar-refractivity contribution in [3.05, 3.63) is 182 Å². The molecule has 41 heavy (non-hydrogen) atoms. The first kappa shape index (κ1) is 29.5. The van der Waals surface area contributed by atoms with Gasteiger partial charge in [-0.2, -0.15) is 0 Å². The molecule has 202 valence electrons. The molecule has 0 N–H and O–H groups in total. The molecule has 0 fully saturated rings. The van der Waals surface area contributed by atoms with Crippen LogP contribution < -0.4 is 48.8 Å². The second kappa shape index (κ2) is 13.3. The predicted octanol–water partition coefficient (Wildman–Crippen LogP) is 4.46. The normalized spacial score (nSPS) is 11.3. The molecular formula is C37H30Br2P2. The van der Waals surface area contributed by atoms with Crippen LogP contribution in [-0.4, -0.2) is 3.94 Å². The largest absolute Gasteiger partial charge is 1.00 e. The molecule has 0 bridgehead atoms. The van der Waals surface area contributed by atoms with E-state index in [9.17, 15) is 0 Å². The third-order valence-corrected chi connectivity index (χ3v) is 19.9. The van der Waals surface area contributed by atoms with Gasteiger partial charge in [0.1, 0.15) is 15.9 Å². The Kier molecular flexibility index (Phi) is 9.59. The Morgan fingerprint density at radius 3 is 0.829 bits per heavy atom. The van der Waals surface area contributed by atoms with Crippen LogP contribution in [0.25, 0.3) is 0 Å². The lowest BCUT2D eigenvalue weighted by molar-refractivity contribution is -0.00000736. The van der Waals surface area contributed by atoms with E-state index >= 15 is 0 Å². The van der Waals surface area contributed by atoms with Gasteiger partial charge < -0.3 is 17.0 Å². The van der Waals surface area contributed by atoms with Crippen LogP contribution >= 0.6 is 30.1 Å². The van der Waals surface area contributed by atoms with Crippen LogP contribution in [0.15, 0.2) is 182 Å². The molecule has 0 spiro atoms. The van der Waals surface area contributed by atoms with Gasteiger partial charge in [-0.1, -0.05) is 146 Å². The fourth-order valence-corrected chi connectivity index (χ4v) is 20.0. The fourth-order valence-electron chi connectivity index (χ4n) is 5.67. The molecule has 0 radical (unpaired) electrons. The lowest BCUT2D eigenvalue weighted by Crippen LogP contribution is -3.00. The standard InChI is InChI=1S/C37H30BrP2.BrH/c38-37(39(31-19-7-1-8-20-31,32-21-9-2-10-22-32)33-23-11-3-12-24-33)40(34-25-13-4-14-26-34,35-27-15-5-16-28-35)36-29-17-6-18-30-36;/h1-30H;1H/q+1;/p-1. The molecule has 0 heterocycles. The van der Waals surface area contributed by atoms with Gasteiger partial charge in [0, 0.05) is 6.89 Å². The maximum Gasteiger partial charge on any atom is 0.158 e. The third kappa shape index (κ3) is 5.24. The van der Waals surface area contributed by atoms with Crippen LogP contribution in [-0.2, 0) is 0 Å². The first-order valence-electron chi connectivity index (χ1n) is 13.4. The molecule has 0 nitrogen and oxygen atoms in total. The lowest BCUT2D eigenvalue weighted by atomic mass is 10.4. The van der Waals surface area contributed by atoms with Crippen LogP contribution in [0.2, 0.25) is 0 Å². The summed E-state index contributed by atoms with van der Waals surface area (Å²) < 4.78 is 1.36. The second-order valence-electron chi connectivity index (χ2n) is 9.62. The molecule has 0 aliphatic rings. The number of hydrogen-bond acceptors (Lipinski definition) is 0. The summed E-state index contributed by atoms with van der Waals surface area (Å²) in [7, 11) is -2.38. The van der Waals surface area contributed by atoms with Crippen molar-refractivity contribution < 1.29 is 17.0 Å². The van der Waals surface area contributed by atoms with Crippen molar-refractivity contribution in [1.29, 1.82) is 0 Å². The molecule has 4 heteroatoms. The van der Waals surface area contributed by atoms with Crippen LogP contribution in [0.5, 0.6) is 0 Å². The van der Waals surface area contributed by atoms with Gasteiger partial charge in [-0.25, -0.2) is 0 Å². The summed E-state index contributed by atoms with van der Waals surface area (Å²) in [6, 6.07) is 66.8. The van der Waals surface area contributed by atoms with Crippen LogP contribution in [0.1, 0.15) is 0 Å². The van der Waals surface area contributed by atoms with Crippen LogP contribution in [0.4, 0.5) is 0 Å². The molecule has 0 amide bonds. The van der Waals surface area contributed by atoms with Gasteiger partial charge in [0.2, 0.25) is 0 Å². The highest BCUT2D eigenvalue weighted by molar-refractivity contribution is 9.23. The van der Waals surface area contributed by atoms with E-state index in [0.717, 1.165) is 0 Å². The highest BCUT2D eigenvalue weighted by Crippen LogP contribution is 2.67. The van der Waals surface area contributed by atoms with Gasteiger partial charge >= 0.3 is 0 Å². The summed E-state index contributed by atoms with van der Waals surface area (Å²) in [6.45, 7) is -2.38. The van der Waals surface area contributed by atoms with E-state index < -0.39 is 14.1 Å². The molecule has 0 aliphatic carbocycles. The van der Waals surface area contributed by atoms with E-state index in [1.807, 2.05) is 0 Å². The first-order chi connectivity index (χ1) is 19.8. The van der Waals surface area contributed by atoms with Gasteiger partial charge in [0.25, 0.3) is 0 Å².